The number of anilines is 2. The third kappa shape index (κ3) is 8.38. The number of nitrogens with zero attached hydrogens (tertiary/aromatic N) is 2. The molecule has 0 amide bonds. The molecule has 2 aromatic heterocycles. The molecule has 3 rings (SSSR count). The number of carbonyl (C=O) groups is 1. The van der Waals surface area contributed by atoms with Crippen molar-refractivity contribution < 1.29 is 23.4 Å². The third-order valence-corrected chi connectivity index (χ3v) is 12.7. The Morgan fingerprint density at radius 3 is 2.42 bits per heavy atom. The first-order valence-electron chi connectivity index (χ1n) is 15.1. The van der Waals surface area contributed by atoms with E-state index >= 15 is 0 Å². The molecule has 0 aliphatic rings. The summed E-state index contributed by atoms with van der Waals surface area (Å²) in [6.45, 7) is 18.5. The lowest BCUT2D eigenvalue weighted by atomic mass is 9.94. The lowest BCUT2D eigenvalue weighted by Gasteiger charge is -2.41. The molecule has 0 saturated heterocycles. The standard InChI is InChI=1S/C33H50N4O5Si/c1-11-13-18-33(6,22-42-43(9,10)32(3,4)5)37-29-27(31(38)41-12-2)30(36-25-15-14-19-34-28(25)29)35-21-23-16-17-24(39-7)20-26(23)40-8/h14-17,19-20H,11-13,18,21-22H2,1-10H3,(H2,35,36,37)/t33-/m1/s1. The van der Waals surface area contributed by atoms with E-state index in [1.54, 1.807) is 27.3 Å². The van der Waals surface area contributed by atoms with E-state index in [0.717, 1.165) is 24.8 Å². The summed E-state index contributed by atoms with van der Waals surface area (Å²) in [6, 6.07) is 9.37. The van der Waals surface area contributed by atoms with Gasteiger partial charge in [0.05, 0.1) is 44.2 Å². The third-order valence-electron chi connectivity index (χ3n) is 8.23. The van der Waals surface area contributed by atoms with Gasteiger partial charge in [0, 0.05) is 24.4 Å². The number of hydrogen-bond donors (Lipinski definition) is 2. The number of rotatable bonds is 15. The van der Waals surface area contributed by atoms with Crippen LogP contribution < -0.4 is 20.1 Å². The van der Waals surface area contributed by atoms with Crippen molar-refractivity contribution in [2.75, 3.05) is 38.1 Å². The fourth-order valence-electron chi connectivity index (χ4n) is 4.52. The number of carbonyl (C=O) groups excluding carboxylic acids is 1. The van der Waals surface area contributed by atoms with E-state index < -0.39 is 19.8 Å². The van der Waals surface area contributed by atoms with Gasteiger partial charge in [-0.2, -0.15) is 0 Å². The molecule has 0 fully saturated rings. The number of nitrogens with one attached hydrogen (secondary N) is 2. The van der Waals surface area contributed by atoms with E-state index in [1.165, 1.54) is 0 Å². The highest BCUT2D eigenvalue weighted by Crippen LogP contribution is 2.39. The van der Waals surface area contributed by atoms with Crippen molar-refractivity contribution in [3.63, 3.8) is 0 Å². The van der Waals surface area contributed by atoms with Crippen molar-refractivity contribution in [3.05, 3.63) is 47.7 Å². The zero-order valence-corrected chi connectivity index (χ0v) is 28.6. The van der Waals surface area contributed by atoms with Gasteiger partial charge in [-0.15, -0.1) is 0 Å². The predicted octanol–water partition coefficient (Wildman–Crippen LogP) is 7.82. The van der Waals surface area contributed by atoms with Crippen LogP contribution in [0.5, 0.6) is 11.5 Å². The fourth-order valence-corrected chi connectivity index (χ4v) is 5.63. The van der Waals surface area contributed by atoms with Crippen LogP contribution >= 0.6 is 0 Å². The molecular formula is C33H50N4O5Si. The number of fused-ring (bicyclic) bond motifs is 1. The highest BCUT2D eigenvalue weighted by atomic mass is 28.4. The number of aromatic nitrogens is 2. The molecule has 3 aromatic rings. The van der Waals surface area contributed by atoms with Crippen molar-refractivity contribution in [1.29, 1.82) is 0 Å². The molecule has 0 radical (unpaired) electrons. The Balaban J connectivity index is 2.13. The van der Waals surface area contributed by atoms with Crippen LogP contribution in [0.1, 0.15) is 76.7 Å². The quantitative estimate of drug-likeness (QED) is 0.132. The van der Waals surface area contributed by atoms with Gasteiger partial charge in [0.25, 0.3) is 0 Å². The average Bonchev–Trinajstić information content (AvgIpc) is 2.97. The Kier molecular flexibility index (Phi) is 11.4. The Morgan fingerprint density at radius 1 is 1.05 bits per heavy atom. The first-order valence-corrected chi connectivity index (χ1v) is 18.0. The number of benzene rings is 1. The smallest absolute Gasteiger partial charge is 0.344 e. The zero-order valence-electron chi connectivity index (χ0n) is 27.6. The first kappa shape index (κ1) is 34.1. The Morgan fingerprint density at radius 2 is 1.79 bits per heavy atom. The summed E-state index contributed by atoms with van der Waals surface area (Å²) in [5, 5.41) is 7.22. The van der Waals surface area contributed by atoms with E-state index in [2.05, 4.69) is 63.3 Å². The molecule has 2 heterocycles. The molecule has 0 bridgehead atoms. The average molecular weight is 611 g/mol. The molecule has 0 aliphatic carbocycles. The molecule has 10 heteroatoms. The van der Waals surface area contributed by atoms with Crippen molar-refractivity contribution in [2.24, 2.45) is 0 Å². The summed E-state index contributed by atoms with van der Waals surface area (Å²) < 4.78 is 23.3. The van der Waals surface area contributed by atoms with Crippen LogP contribution in [-0.4, -0.2) is 57.2 Å². The van der Waals surface area contributed by atoms with Gasteiger partial charge in [-0.1, -0.05) is 40.5 Å². The number of methoxy groups -OCH3 is 2. The van der Waals surface area contributed by atoms with Gasteiger partial charge in [0.2, 0.25) is 0 Å². The van der Waals surface area contributed by atoms with E-state index in [-0.39, 0.29) is 11.6 Å². The van der Waals surface area contributed by atoms with Crippen LogP contribution in [0.2, 0.25) is 18.1 Å². The minimum Gasteiger partial charge on any atom is -0.497 e. The van der Waals surface area contributed by atoms with Crippen LogP contribution in [0.25, 0.3) is 11.0 Å². The lowest BCUT2D eigenvalue weighted by Crippen LogP contribution is -2.48. The second-order valence-electron chi connectivity index (χ2n) is 12.7. The van der Waals surface area contributed by atoms with Crippen molar-refractivity contribution in [1.82, 2.24) is 9.97 Å². The predicted molar refractivity (Wildman–Crippen MR) is 177 cm³/mol. The highest BCUT2D eigenvalue weighted by molar-refractivity contribution is 6.74. The van der Waals surface area contributed by atoms with E-state index in [1.807, 2.05) is 30.3 Å². The van der Waals surface area contributed by atoms with Crippen LogP contribution in [-0.2, 0) is 15.7 Å². The van der Waals surface area contributed by atoms with E-state index in [9.17, 15) is 4.79 Å². The molecule has 1 aromatic carbocycles. The molecule has 0 spiro atoms. The summed E-state index contributed by atoms with van der Waals surface area (Å²) in [6.07, 6.45) is 4.60. The lowest BCUT2D eigenvalue weighted by molar-refractivity contribution is 0.0528. The van der Waals surface area contributed by atoms with Gasteiger partial charge < -0.3 is 29.3 Å². The summed E-state index contributed by atoms with van der Waals surface area (Å²) in [7, 11) is 1.19. The minimum atomic E-state index is -2.04. The van der Waals surface area contributed by atoms with Gasteiger partial charge in [-0.25, -0.2) is 9.78 Å². The number of unbranched alkanes of at least 4 members (excludes halogenated alkanes) is 1. The maximum Gasteiger partial charge on any atom is 0.344 e. The molecule has 2 N–H and O–H groups in total. The van der Waals surface area contributed by atoms with Gasteiger partial charge in [-0.3, -0.25) is 4.98 Å². The molecule has 0 unspecified atom stereocenters. The monoisotopic (exact) mass is 610 g/mol. The van der Waals surface area contributed by atoms with E-state index in [4.69, 9.17) is 23.6 Å². The number of pyridine rings is 2. The maximum absolute atomic E-state index is 13.7. The molecule has 43 heavy (non-hydrogen) atoms. The van der Waals surface area contributed by atoms with Gasteiger partial charge in [0.1, 0.15) is 28.4 Å². The normalized spacial score (nSPS) is 13.3. The molecule has 0 saturated carbocycles. The minimum absolute atomic E-state index is 0.0687. The molecule has 9 nitrogen and oxygen atoms in total. The molecule has 0 aliphatic heterocycles. The largest absolute Gasteiger partial charge is 0.497 e. The van der Waals surface area contributed by atoms with Crippen molar-refractivity contribution in [2.45, 2.75) is 91.0 Å². The Bertz CT molecular complexity index is 1390. The highest BCUT2D eigenvalue weighted by Gasteiger charge is 2.40. The van der Waals surface area contributed by atoms with Crippen LogP contribution in [0.4, 0.5) is 11.5 Å². The summed E-state index contributed by atoms with van der Waals surface area (Å²) >= 11 is 0. The number of hydrogen-bond acceptors (Lipinski definition) is 9. The Labute approximate surface area is 258 Å². The van der Waals surface area contributed by atoms with Gasteiger partial charge >= 0.3 is 5.97 Å². The number of ether oxygens (including phenoxy) is 3. The molecule has 236 valence electrons. The summed E-state index contributed by atoms with van der Waals surface area (Å²) in [5.41, 5.74) is 2.57. The number of esters is 1. The van der Waals surface area contributed by atoms with E-state index in [0.29, 0.717) is 52.8 Å². The first-order chi connectivity index (χ1) is 20.3. The van der Waals surface area contributed by atoms with Crippen molar-refractivity contribution >= 4 is 36.8 Å². The van der Waals surface area contributed by atoms with Crippen LogP contribution in [0.3, 0.4) is 0 Å². The van der Waals surface area contributed by atoms with Gasteiger partial charge in [0.15, 0.2) is 8.32 Å². The van der Waals surface area contributed by atoms with Crippen molar-refractivity contribution in [3.8, 4) is 11.5 Å². The topological polar surface area (TPSA) is 104 Å². The SMILES string of the molecule is CCCC[C@](C)(CO[Si](C)(C)C(C)(C)C)Nc1c(C(=O)OCC)c(NCc2ccc(OC)cc2OC)nc2cccnc12. The Hall–Kier alpha value is -3.37. The second kappa shape index (κ2) is 14.4. The maximum atomic E-state index is 13.7. The fraction of sp³-hybridized carbons (Fsp3) is 0.545. The summed E-state index contributed by atoms with van der Waals surface area (Å²) in [4.78, 5) is 23.2. The van der Waals surface area contributed by atoms with Crippen LogP contribution in [0.15, 0.2) is 36.5 Å². The second-order valence-corrected chi connectivity index (χ2v) is 17.5. The molecular weight excluding hydrogens is 560 g/mol. The zero-order chi connectivity index (χ0) is 31.8. The summed E-state index contributed by atoms with van der Waals surface area (Å²) in [5.74, 6) is 1.29. The molecule has 1 atom stereocenters. The van der Waals surface area contributed by atoms with Crippen LogP contribution in [0, 0.1) is 0 Å². The van der Waals surface area contributed by atoms with Gasteiger partial charge in [-0.05, 0) is 62.7 Å².